The van der Waals surface area contributed by atoms with Crippen LogP contribution in [-0.4, -0.2) is 15.8 Å². The third kappa shape index (κ3) is 3.32. The first-order valence-corrected chi connectivity index (χ1v) is 6.94. The molecule has 1 aromatic carbocycles. The topological polar surface area (TPSA) is 88.0 Å². The van der Waals surface area contributed by atoms with E-state index in [1.165, 1.54) is 12.3 Å². The zero-order chi connectivity index (χ0) is 14.0. The molecule has 0 fully saturated rings. The van der Waals surface area contributed by atoms with Crippen LogP contribution in [-0.2, 0) is 0 Å². The Morgan fingerprint density at radius 3 is 2.74 bits per heavy atom. The molecule has 0 spiro atoms. The number of aromatic nitrogens is 1. The van der Waals surface area contributed by atoms with Crippen molar-refractivity contribution in [3.8, 4) is 0 Å². The van der Waals surface area contributed by atoms with Gasteiger partial charge in [-0.05, 0) is 56.7 Å². The van der Waals surface area contributed by atoms with Gasteiger partial charge in [0.1, 0.15) is 5.69 Å². The number of H-pyrrole nitrogens is 1. The fourth-order valence-corrected chi connectivity index (χ4v) is 2.80. The van der Waals surface area contributed by atoms with Crippen molar-refractivity contribution >= 4 is 55.8 Å². The summed E-state index contributed by atoms with van der Waals surface area (Å²) in [4.78, 5) is 24.4. The van der Waals surface area contributed by atoms with E-state index in [1.54, 1.807) is 6.07 Å². The average Bonchev–Trinajstić information content (AvgIpc) is 2.82. The highest BCUT2D eigenvalue weighted by atomic mass is 127. The Bertz CT molecular complexity index is 656. The molecule has 1 heterocycles. The van der Waals surface area contributed by atoms with E-state index in [0.717, 1.165) is 8.04 Å². The molecule has 0 aliphatic heterocycles. The van der Waals surface area contributed by atoms with E-state index in [2.05, 4.69) is 48.8 Å². The normalized spacial score (nSPS) is 10.2. The Morgan fingerprint density at radius 2 is 2.16 bits per heavy atom. The highest BCUT2D eigenvalue weighted by Gasteiger charge is 2.15. The van der Waals surface area contributed by atoms with Crippen LogP contribution in [0.5, 0.6) is 0 Å². The van der Waals surface area contributed by atoms with Crippen molar-refractivity contribution in [1.29, 1.82) is 0 Å². The number of hydrogen-bond donors (Lipinski definition) is 2. The lowest BCUT2D eigenvalue weighted by Gasteiger charge is -2.06. The number of halogens is 2. The number of aromatic amines is 1. The van der Waals surface area contributed by atoms with E-state index in [9.17, 15) is 14.9 Å². The minimum absolute atomic E-state index is 0.136. The Balaban J connectivity index is 2.18. The molecule has 0 unspecified atom stereocenters. The predicted octanol–water partition coefficient (Wildman–Crippen LogP) is 3.54. The second-order valence-electron chi connectivity index (χ2n) is 3.61. The predicted molar refractivity (Wildman–Crippen MR) is 82.3 cm³/mol. The van der Waals surface area contributed by atoms with Crippen molar-refractivity contribution in [2.45, 2.75) is 0 Å². The first-order chi connectivity index (χ1) is 8.97. The second kappa shape index (κ2) is 5.70. The molecule has 2 rings (SSSR count). The van der Waals surface area contributed by atoms with Crippen LogP contribution in [0.3, 0.4) is 0 Å². The summed E-state index contributed by atoms with van der Waals surface area (Å²) in [5.41, 5.74) is 0.589. The quantitative estimate of drug-likeness (QED) is 0.439. The van der Waals surface area contributed by atoms with Gasteiger partial charge < -0.3 is 10.3 Å². The number of anilines is 1. The Hall–Kier alpha value is -1.42. The van der Waals surface area contributed by atoms with Crippen LogP contribution in [0.25, 0.3) is 0 Å². The highest BCUT2D eigenvalue weighted by molar-refractivity contribution is 14.1. The summed E-state index contributed by atoms with van der Waals surface area (Å²) in [6.07, 6.45) is 1.18. The average molecular weight is 436 g/mol. The van der Waals surface area contributed by atoms with Gasteiger partial charge in [-0.2, -0.15) is 0 Å². The Morgan fingerprint density at radius 1 is 1.42 bits per heavy atom. The summed E-state index contributed by atoms with van der Waals surface area (Å²) < 4.78 is 1.77. The number of hydrogen-bond acceptors (Lipinski definition) is 3. The first-order valence-electron chi connectivity index (χ1n) is 5.06. The maximum atomic E-state index is 11.9. The number of nitrogens with one attached hydrogen (secondary N) is 2. The monoisotopic (exact) mass is 435 g/mol. The highest BCUT2D eigenvalue weighted by Crippen LogP contribution is 2.25. The van der Waals surface area contributed by atoms with Gasteiger partial charge in [0.2, 0.25) is 0 Å². The van der Waals surface area contributed by atoms with Crippen molar-refractivity contribution in [1.82, 2.24) is 4.98 Å². The lowest BCUT2D eigenvalue weighted by molar-refractivity contribution is -0.384. The lowest BCUT2D eigenvalue weighted by Crippen LogP contribution is -2.12. The van der Waals surface area contributed by atoms with E-state index < -0.39 is 10.8 Å². The number of amides is 1. The molecule has 1 amide bonds. The van der Waals surface area contributed by atoms with Crippen LogP contribution in [0.4, 0.5) is 11.4 Å². The number of nitro groups is 1. The molecule has 0 radical (unpaired) electrons. The SMILES string of the molecule is O=C(Nc1ccc(I)cc1Br)c1cc([N+](=O)[O-])c[nH]1. The van der Waals surface area contributed by atoms with Crippen LogP contribution in [0.15, 0.2) is 34.9 Å². The molecule has 0 bridgehead atoms. The summed E-state index contributed by atoms with van der Waals surface area (Å²) in [6.45, 7) is 0. The molecule has 6 nitrogen and oxygen atoms in total. The van der Waals surface area contributed by atoms with E-state index in [0.29, 0.717) is 5.69 Å². The second-order valence-corrected chi connectivity index (χ2v) is 5.71. The molecule has 19 heavy (non-hydrogen) atoms. The third-order valence-electron chi connectivity index (χ3n) is 2.30. The van der Waals surface area contributed by atoms with Gasteiger partial charge in [-0.3, -0.25) is 14.9 Å². The van der Waals surface area contributed by atoms with E-state index in [-0.39, 0.29) is 11.4 Å². The van der Waals surface area contributed by atoms with Crippen LogP contribution in [0.2, 0.25) is 0 Å². The van der Waals surface area contributed by atoms with Gasteiger partial charge >= 0.3 is 0 Å². The van der Waals surface area contributed by atoms with E-state index >= 15 is 0 Å². The molecule has 98 valence electrons. The van der Waals surface area contributed by atoms with Crippen LogP contribution >= 0.6 is 38.5 Å². The molecule has 0 aliphatic rings. The molecule has 0 saturated carbocycles. The van der Waals surface area contributed by atoms with Gasteiger partial charge in [-0.15, -0.1) is 0 Å². The van der Waals surface area contributed by atoms with Crippen molar-refractivity contribution < 1.29 is 9.72 Å². The van der Waals surface area contributed by atoms with Gasteiger partial charge in [-0.1, -0.05) is 0 Å². The maximum Gasteiger partial charge on any atom is 0.287 e. The Kier molecular flexibility index (Phi) is 4.20. The lowest BCUT2D eigenvalue weighted by atomic mass is 10.3. The number of nitrogens with zero attached hydrogens (tertiary/aromatic N) is 1. The van der Waals surface area contributed by atoms with Gasteiger partial charge in [0.15, 0.2) is 0 Å². The summed E-state index contributed by atoms with van der Waals surface area (Å²) in [5.74, 6) is -0.435. The smallest absolute Gasteiger partial charge is 0.287 e. The zero-order valence-electron chi connectivity index (χ0n) is 9.31. The van der Waals surface area contributed by atoms with Crippen LogP contribution < -0.4 is 5.32 Å². The van der Waals surface area contributed by atoms with Gasteiger partial charge in [0, 0.05) is 14.1 Å². The minimum atomic E-state index is -0.561. The summed E-state index contributed by atoms with van der Waals surface area (Å²) in [7, 11) is 0. The van der Waals surface area contributed by atoms with Gasteiger partial charge in [0.05, 0.1) is 16.8 Å². The number of rotatable bonds is 3. The molecule has 1 aromatic heterocycles. The molecule has 0 atom stereocenters. The Labute approximate surface area is 130 Å². The zero-order valence-corrected chi connectivity index (χ0v) is 13.1. The molecule has 2 N–H and O–H groups in total. The summed E-state index contributed by atoms with van der Waals surface area (Å²) in [5, 5.41) is 13.2. The fourth-order valence-electron chi connectivity index (χ4n) is 1.40. The molecule has 8 heteroatoms. The van der Waals surface area contributed by atoms with E-state index in [1.807, 2.05) is 12.1 Å². The molecular weight excluding hydrogens is 429 g/mol. The maximum absolute atomic E-state index is 11.9. The largest absolute Gasteiger partial charge is 0.351 e. The van der Waals surface area contributed by atoms with Crippen molar-refractivity contribution in [2.75, 3.05) is 5.32 Å². The standard InChI is InChI=1S/C11H7BrIN3O3/c12-8-3-6(13)1-2-9(8)15-11(17)10-4-7(5-14-10)16(18)19/h1-5,14H,(H,15,17). The molecule has 0 saturated heterocycles. The number of carbonyl (C=O) groups is 1. The fraction of sp³-hybridized carbons (Fsp3) is 0. The van der Waals surface area contributed by atoms with Crippen molar-refractivity contribution in [3.05, 3.63) is 54.3 Å². The molecular formula is C11H7BrIN3O3. The molecule has 0 aliphatic carbocycles. The molecule has 2 aromatic rings. The van der Waals surface area contributed by atoms with E-state index in [4.69, 9.17) is 0 Å². The van der Waals surface area contributed by atoms with Gasteiger partial charge in [-0.25, -0.2) is 0 Å². The van der Waals surface area contributed by atoms with Crippen molar-refractivity contribution in [2.24, 2.45) is 0 Å². The summed E-state index contributed by atoms with van der Waals surface area (Å²) >= 11 is 5.49. The number of benzene rings is 1. The minimum Gasteiger partial charge on any atom is -0.351 e. The first kappa shape index (κ1) is 14.0. The van der Waals surface area contributed by atoms with Crippen molar-refractivity contribution in [3.63, 3.8) is 0 Å². The summed E-state index contributed by atoms with van der Waals surface area (Å²) in [6, 6.07) is 6.64. The van der Waals surface area contributed by atoms with Crippen LogP contribution in [0.1, 0.15) is 10.5 Å². The number of carbonyl (C=O) groups excluding carboxylic acids is 1. The van der Waals surface area contributed by atoms with Crippen LogP contribution in [0, 0.1) is 13.7 Å². The third-order valence-corrected chi connectivity index (χ3v) is 3.63. The van der Waals surface area contributed by atoms with Gasteiger partial charge in [0.25, 0.3) is 11.6 Å².